The summed E-state index contributed by atoms with van der Waals surface area (Å²) in [6.07, 6.45) is 2.67. The minimum absolute atomic E-state index is 0.0122. The number of hydrogen-bond acceptors (Lipinski definition) is 3. The quantitative estimate of drug-likeness (QED) is 0.773. The second kappa shape index (κ2) is 4.71. The Kier molecular flexibility index (Phi) is 3.01. The number of hydrogen-bond donors (Lipinski definition) is 0. The number of imide groups is 1. The predicted molar refractivity (Wildman–Crippen MR) is 73.9 cm³/mol. The molecule has 4 heteroatoms. The lowest BCUT2D eigenvalue weighted by molar-refractivity contribution is -0.122. The van der Waals surface area contributed by atoms with Crippen molar-refractivity contribution >= 4 is 23.3 Å². The lowest BCUT2D eigenvalue weighted by Crippen LogP contribution is -2.30. The summed E-state index contributed by atoms with van der Waals surface area (Å²) in [5.41, 5.74) is 1.28. The maximum Gasteiger partial charge on any atom is 0.238 e. The number of nitrogens with zero attached hydrogens (tertiary/aromatic N) is 1. The van der Waals surface area contributed by atoms with Crippen molar-refractivity contribution in [3.63, 3.8) is 0 Å². The molecule has 0 radical (unpaired) electrons. The molecular weight excluding hydrogens is 254 g/mol. The van der Waals surface area contributed by atoms with Gasteiger partial charge in [0, 0.05) is 0 Å². The number of anilines is 1. The number of rotatable bonds is 2. The first-order chi connectivity index (χ1) is 9.59. The normalized spacial score (nSPS) is 25.4. The van der Waals surface area contributed by atoms with Crippen molar-refractivity contribution in [3.8, 4) is 0 Å². The Balaban J connectivity index is 1.92. The van der Waals surface area contributed by atoms with E-state index in [-0.39, 0.29) is 29.4 Å². The Morgan fingerprint density at radius 3 is 2.40 bits per heavy atom. The summed E-state index contributed by atoms with van der Waals surface area (Å²) in [6.45, 7) is 1.50. The van der Waals surface area contributed by atoms with Crippen LogP contribution in [0.3, 0.4) is 0 Å². The van der Waals surface area contributed by atoms with E-state index < -0.39 is 0 Å². The molecule has 0 bridgehead atoms. The van der Waals surface area contributed by atoms with E-state index >= 15 is 0 Å². The Hall–Kier alpha value is -2.23. The summed E-state index contributed by atoms with van der Waals surface area (Å²) in [7, 11) is 0. The smallest absolute Gasteiger partial charge is 0.238 e. The number of amides is 2. The van der Waals surface area contributed by atoms with E-state index in [2.05, 4.69) is 0 Å². The number of carbonyl (C=O) groups excluding carboxylic acids is 3. The van der Waals surface area contributed by atoms with Gasteiger partial charge in [0.15, 0.2) is 5.78 Å². The molecule has 102 valence electrons. The molecule has 0 N–H and O–H groups in total. The zero-order valence-corrected chi connectivity index (χ0v) is 11.2. The molecule has 2 amide bonds. The van der Waals surface area contributed by atoms with E-state index in [1.165, 1.54) is 11.8 Å². The van der Waals surface area contributed by atoms with E-state index in [1.54, 1.807) is 24.3 Å². The molecule has 2 aliphatic rings. The fourth-order valence-corrected chi connectivity index (χ4v) is 2.99. The minimum Gasteiger partial charge on any atom is -0.295 e. The molecule has 0 spiro atoms. The van der Waals surface area contributed by atoms with Gasteiger partial charge >= 0.3 is 0 Å². The zero-order valence-electron chi connectivity index (χ0n) is 11.2. The van der Waals surface area contributed by atoms with E-state index in [1.807, 2.05) is 12.1 Å². The predicted octanol–water partition coefficient (Wildman–Crippen LogP) is 2.10. The minimum atomic E-state index is -0.383. The van der Waals surface area contributed by atoms with Gasteiger partial charge < -0.3 is 0 Å². The largest absolute Gasteiger partial charge is 0.295 e. The van der Waals surface area contributed by atoms with Crippen LogP contribution < -0.4 is 4.90 Å². The number of para-hydroxylation sites is 1. The third-order valence-electron chi connectivity index (χ3n) is 4.09. The maximum absolute atomic E-state index is 12.5. The Morgan fingerprint density at radius 1 is 1.10 bits per heavy atom. The van der Waals surface area contributed by atoms with Crippen LogP contribution in [-0.2, 0) is 14.4 Å². The van der Waals surface area contributed by atoms with Crippen molar-refractivity contribution in [1.82, 2.24) is 0 Å². The van der Waals surface area contributed by atoms with Gasteiger partial charge in [-0.2, -0.15) is 0 Å². The highest BCUT2D eigenvalue weighted by Crippen LogP contribution is 2.39. The summed E-state index contributed by atoms with van der Waals surface area (Å²) in [4.78, 5) is 37.6. The van der Waals surface area contributed by atoms with Crippen LogP contribution in [0.2, 0.25) is 0 Å². The SMILES string of the molecule is CC(=O)C1=CCC2C(=O)N(c3ccccc3)C(=O)C2C1. The Labute approximate surface area is 117 Å². The highest BCUT2D eigenvalue weighted by molar-refractivity contribution is 6.22. The van der Waals surface area contributed by atoms with Gasteiger partial charge in [0.25, 0.3) is 0 Å². The summed E-state index contributed by atoms with van der Waals surface area (Å²) in [6, 6.07) is 8.96. The lowest BCUT2D eigenvalue weighted by Gasteiger charge is -2.19. The van der Waals surface area contributed by atoms with Crippen molar-refractivity contribution in [3.05, 3.63) is 42.0 Å². The molecule has 1 aromatic carbocycles. The van der Waals surface area contributed by atoms with Crippen molar-refractivity contribution < 1.29 is 14.4 Å². The first-order valence-electron chi connectivity index (χ1n) is 6.72. The molecular formula is C16H15NO3. The fourth-order valence-electron chi connectivity index (χ4n) is 2.99. The molecule has 3 rings (SSSR count). The van der Waals surface area contributed by atoms with Gasteiger partial charge in [-0.05, 0) is 37.5 Å². The van der Waals surface area contributed by atoms with Gasteiger partial charge in [-0.15, -0.1) is 0 Å². The molecule has 20 heavy (non-hydrogen) atoms. The summed E-state index contributed by atoms with van der Waals surface area (Å²) in [5.74, 6) is -1.04. The summed E-state index contributed by atoms with van der Waals surface area (Å²) in [5, 5.41) is 0. The Bertz CT molecular complexity index is 618. The first kappa shape index (κ1) is 12.8. The lowest BCUT2D eigenvalue weighted by atomic mass is 9.80. The van der Waals surface area contributed by atoms with Crippen LogP contribution in [0.5, 0.6) is 0 Å². The molecule has 2 unspecified atom stereocenters. The molecule has 1 aliphatic carbocycles. The van der Waals surface area contributed by atoms with Crippen molar-refractivity contribution in [1.29, 1.82) is 0 Å². The number of Topliss-reactive ketones (excluding diaryl/α,β-unsaturated/α-hetero) is 1. The van der Waals surface area contributed by atoms with Crippen LogP contribution >= 0.6 is 0 Å². The molecule has 0 aromatic heterocycles. The van der Waals surface area contributed by atoms with Gasteiger partial charge in [0.1, 0.15) is 0 Å². The van der Waals surface area contributed by atoms with Gasteiger partial charge in [0.2, 0.25) is 11.8 Å². The van der Waals surface area contributed by atoms with Crippen LogP contribution in [0.25, 0.3) is 0 Å². The van der Waals surface area contributed by atoms with Crippen LogP contribution in [0, 0.1) is 11.8 Å². The molecule has 4 nitrogen and oxygen atoms in total. The number of carbonyl (C=O) groups is 3. The highest BCUT2D eigenvalue weighted by Gasteiger charge is 2.49. The van der Waals surface area contributed by atoms with E-state index in [0.29, 0.717) is 24.1 Å². The van der Waals surface area contributed by atoms with Crippen LogP contribution in [0.4, 0.5) is 5.69 Å². The molecule has 1 fully saturated rings. The van der Waals surface area contributed by atoms with Crippen LogP contribution in [0.1, 0.15) is 19.8 Å². The van der Waals surface area contributed by atoms with E-state index in [0.717, 1.165) is 0 Å². The van der Waals surface area contributed by atoms with Gasteiger partial charge in [-0.1, -0.05) is 24.3 Å². The molecule has 1 heterocycles. The second-order valence-corrected chi connectivity index (χ2v) is 5.29. The monoisotopic (exact) mass is 269 g/mol. The third kappa shape index (κ3) is 1.88. The summed E-state index contributed by atoms with van der Waals surface area (Å²) >= 11 is 0. The average molecular weight is 269 g/mol. The highest BCUT2D eigenvalue weighted by atomic mass is 16.2. The van der Waals surface area contributed by atoms with Gasteiger partial charge in [-0.25, -0.2) is 0 Å². The van der Waals surface area contributed by atoms with E-state index in [4.69, 9.17) is 0 Å². The third-order valence-corrected chi connectivity index (χ3v) is 4.09. The van der Waals surface area contributed by atoms with Gasteiger partial charge in [-0.3, -0.25) is 19.3 Å². The van der Waals surface area contributed by atoms with Crippen molar-refractivity contribution in [2.75, 3.05) is 4.90 Å². The Morgan fingerprint density at radius 2 is 1.75 bits per heavy atom. The van der Waals surface area contributed by atoms with Crippen molar-refractivity contribution in [2.24, 2.45) is 11.8 Å². The number of fused-ring (bicyclic) bond motifs is 1. The average Bonchev–Trinajstić information content (AvgIpc) is 2.71. The molecule has 0 saturated carbocycles. The van der Waals surface area contributed by atoms with Crippen molar-refractivity contribution in [2.45, 2.75) is 19.8 Å². The molecule has 2 atom stereocenters. The summed E-state index contributed by atoms with van der Waals surface area (Å²) < 4.78 is 0. The second-order valence-electron chi connectivity index (χ2n) is 5.29. The molecule has 1 aliphatic heterocycles. The first-order valence-corrected chi connectivity index (χ1v) is 6.72. The molecule has 1 aromatic rings. The van der Waals surface area contributed by atoms with Crippen LogP contribution in [-0.4, -0.2) is 17.6 Å². The zero-order chi connectivity index (χ0) is 14.3. The number of benzene rings is 1. The molecule has 1 saturated heterocycles. The number of allylic oxidation sites excluding steroid dienone is 2. The number of ketones is 1. The topological polar surface area (TPSA) is 54.5 Å². The van der Waals surface area contributed by atoms with Crippen LogP contribution in [0.15, 0.2) is 42.0 Å². The fraction of sp³-hybridized carbons (Fsp3) is 0.312. The standard InChI is InChI=1S/C16H15NO3/c1-10(18)11-7-8-13-14(9-11)16(20)17(15(13)19)12-5-3-2-4-6-12/h2-7,13-14H,8-9H2,1H3. The van der Waals surface area contributed by atoms with Gasteiger partial charge in [0.05, 0.1) is 17.5 Å². The van der Waals surface area contributed by atoms with E-state index in [9.17, 15) is 14.4 Å². The maximum atomic E-state index is 12.5.